The van der Waals surface area contributed by atoms with Crippen molar-refractivity contribution in [2.75, 3.05) is 31.7 Å². The van der Waals surface area contributed by atoms with E-state index in [-0.39, 0.29) is 0 Å². The Kier molecular flexibility index (Phi) is 4.61. The minimum absolute atomic E-state index is 0.494. The first-order valence-electron chi connectivity index (χ1n) is 6.81. The Morgan fingerprint density at radius 2 is 2.22 bits per heavy atom. The second-order valence-electron chi connectivity index (χ2n) is 5.12. The van der Waals surface area contributed by atoms with Crippen molar-refractivity contribution in [3.8, 4) is 0 Å². The Labute approximate surface area is 110 Å². The van der Waals surface area contributed by atoms with Crippen molar-refractivity contribution in [1.82, 2.24) is 5.32 Å². The van der Waals surface area contributed by atoms with E-state index in [4.69, 9.17) is 4.74 Å². The number of rotatable bonds is 5. The van der Waals surface area contributed by atoms with E-state index in [2.05, 4.69) is 42.3 Å². The summed E-state index contributed by atoms with van der Waals surface area (Å²) in [5.41, 5.74) is 4.33. The molecule has 0 atom stereocenters. The monoisotopic (exact) mass is 248 g/mol. The van der Waals surface area contributed by atoms with Crippen LogP contribution in [-0.4, -0.2) is 32.8 Å². The number of ether oxygens (including phenoxy) is 1. The zero-order valence-corrected chi connectivity index (χ0v) is 11.7. The lowest BCUT2D eigenvalue weighted by molar-refractivity contribution is 0.203. The van der Waals surface area contributed by atoms with Crippen LogP contribution in [0.15, 0.2) is 18.2 Å². The standard InChI is InChI=1S/C15H24N2O/c1-12(2)17(9-10-18-3)15-6-4-5-13-7-8-16-11-14(13)15/h4-6,12,16H,7-11H2,1-3H3. The van der Waals surface area contributed by atoms with Crippen LogP contribution in [0.2, 0.25) is 0 Å². The van der Waals surface area contributed by atoms with Gasteiger partial charge in [-0.3, -0.25) is 0 Å². The zero-order chi connectivity index (χ0) is 13.0. The van der Waals surface area contributed by atoms with Gasteiger partial charge in [0.25, 0.3) is 0 Å². The summed E-state index contributed by atoms with van der Waals surface area (Å²) in [7, 11) is 1.76. The molecule has 18 heavy (non-hydrogen) atoms. The Morgan fingerprint density at radius 1 is 1.39 bits per heavy atom. The predicted molar refractivity (Wildman–Crippen MR) is 76.2 cm³/mol. The van der Waals surface area contributed by atoms with Crippen LogP contribution in [-0.2, 0) is 17.7 Å². The Bertz CT molecular complexity index is 390. The number of anilines is 1. The minimum atomic E-state index is 0.494. The van der Waals surface area contributed by atoms with Gasteiger partial charge in [0.15, 0.2) is 0 Å². The average Bonchev–Trinajstić information content (AvgIpc) is 2.39. The van der Waals surface area contributed by atoms with Gasteiger partial charge in [-0.05, 0) is 44.0 Å². The van der Waals surface area contributed by atoms with E-state index >= 15 is 0 Å². The molecule has 0 aromatic heterocycles. The lowest BCUT2D eigenvalue weighted by Gasteiger charge is -2.33. The lowest BCUT2D eigenvalue weighted by atomic mass is 9.98. The van der Waals surface area contributed by atoms with Gasteiger partial charge in [0.05, 0.1) is 6.61 Å². The third kappa shape index (κ3) is 2.85. The molecule has 1 aliphatic rings. The van der Waals surface area contributed by atoms with E-state index in [9.17, 15) is 0 Å². The van der Waals surface area contributed by atoms with Crippen molar-refractivity contribution in [3.63, 3.8) is 0 Å². The van der Waals surface area contributed by atoms with Crippen LogP contribution in [0, 0.1) is 0 Å². The number of methoxy groups -OCH3 is 1. The molecule has 1 heterocycles. The summed E-state index contributed by atoms with van der Waals surface area (Å²) >= 11 is 0. The normalized spacial score (nSPS) is 14.7. The van der Waals surface area contributed by atoms with E-state index in [1.54, 1.807) is 7.11 Å². The van der Waals surface area contributed by atoms with Crippen LogP contribution >= 0.6 is 0 Å². The van der Waals surface area contributed by atoms with Crippen molar-refractivity contribution in [3.05, 3.63) is 29.3 Å². The number of hydrogen-bond acceptors (Lipinski definition) is 3. The third-order valence-electron chi connectivity index (χ3n) is 3.59. The molecule has 1 aliphatic heterocycles. The number of benzene rings is 1. The van der Waals surface area contributed by atoms with Crippen LogP contribution in [0.5, 0.6) is 0 Å². The molecule has 1 aromatic rings. The summed E-state index contributed by atoms with van der Waals surface area (Å²) in [5.74, 6) is 0. The molecule has 0 spiro atoms. The summed E-state index contributed by atoms with van der Waals surface area (Å²) in [5, 5.41) is 3.47. The molecule has 0 bridgehead atoms. The first kappa shape index (κ1) is 13.4. The van der Waals surface area contributed by atoms with E-state index in [0.29, 0.717) is 6.04 Å². The molecule has 2 rings (SSSR count). The topological polar surface area (TPSA) is 24.5 Å². The van der Waals surface area contributed by atoms with E-state index in [0.717, 1.165) is 32.7 Å². The second kappa shape index (κ2) is 6.21. The fraction of sp³-hybridized carbons (Fsp3) is 0.600. The number of nitrogens with zero attached hydrogens (tertiary/aromatic N) is 1. The molecule has 0 saturated heterocycles. The molecule has 3 heteroatoms. The van der Waals surface area contributed by atoms with Gasteiger partial charge < -0.3 is 15.0 Å². The molecule has 3 nitrogen and oxygen atoms in total. The van der Waals surface area contributed by atoms with Gasteiger partial charge in [0.2, 0.25) is 0 Å². The summed E-state index contributed by atoms with van der Waals surface area (Å²) in [4.78, 5) is 2.44. The van der Waals surface area contributed by atoms with Crippen LogP contribution in [0.4, 0.5) is 5.69 Å². The zero-order valence-electron chi connectivity index (χ0n) is 11.7. The van der Waals surface area contributed by atoms with Crippen LogP contribution < -0.4 is 10.2 Å². The third-order valence-corrected chi connectivity index (χ3v) is 3.59. The highest BCUT2D eigenvalue weighted by molar-refractivity contribution is 5.58. The quantitative estimate of drug-likeness (QED) is 0.864. The lowest BCUT2D eigenvalue weighted by Crippen LogP contribution is -2.36. The molecular formula is C15H24N2O. The largest absolute Gasteiger partial charge is 0.383 e. The highest BCUT2D eigenvalue weighted by Crippen LogP contribution is 2.27. The van der Waals surface area contributed by atoms with Gasteiger partial charge in [0.1, 0.15) is 0 Å². The van der Waals surface area contributed by atoms with Gasteiger partial charge in [-0.25, -0.2) is 0 Å². The van der Waals surface area contributed by atoms with Gasteiger partial charge in [-0.15, -0.1) is 0 Å². The average molecular weight is 248 g/mol. The van der Waals surface area contributed by atoms with Crippen molar-refractivity contribution < 1.29 is 4.74 Å². The Morgan fingerprint density at radius 3 is 2.94 bits per heavy atom. The van der Waals surface area contributed by atoms with Crippen molar-refractivity contribution in [2.45, 2.75) is 32.9 Å². The molecule has 0 aliphatic carbocycles. The molecule has 0 amide bonds. The number of hydrogen-bond donors (Lipinski definition) is 1. The smallest absolute Gasteiger partial charge is 0.0637 e. The Hall–Kier alpha value is -1.06. The summed E-state index contributed by atoms with van der Waals surface area (Å²) in [6, 6.07) is 7.17. The SMILES string of the molecule is COCCN(c1cccc2c1CNCC2)C(C)C. The molecule has 1 N–H and O–H groups in total. The van der Waals surface area contributed by atoms with E-state index in [1.807, 2.05) is 0 Å². The molecule has 1 aromatic carbocycles. The second-order valence-corrected chi connectivity index (χ2v) is 5.12. The predicted octanol–water partition coefficient (Wildman–Crippen LogP) is 2.19. The van der Waals surface area contributed by atoms with Gasteiger partial charge in [0, 0.05) is 31.9 Å². The summed E-state index contributed by atoms with van der Waals surface area (Å²) in [6.45, 7) is 8.29. The molecular weight excluding hydrogens is 224 g/mol. The van der Waals surface area contributed by atoms with Gasteiger partial charge >= 0.3 is 0 Å². The number of nitrogens with one attached hydrogen (secondary N) is 1. The summed E-state index contributed by atoms with van der Waals surface area (Å²) in [6.07, 6.45) is 1.14. The highest BCUT2D eigenvalue weighted by Gasteiger charge is 2.18. The fourth-order valence-electron chi connectivity index (χ4n) is 2.61. The molecule has 0 saturated carbocycles. The molecule has 0 fully saturated rings. The van der Waals surface area contributed by atoms with E-state index in [1.165, 1.54) is 16.8 Å². The highest BCUT2D eigenvalue weighted by atomic mass is 16.5. The first-order chi connectivity index (χ1) is 8.74. The van der Waals surface area contributed by atoms with Crippen molar-refractivity contribution >= 4 is 5.69 Å². The minimum Gasteiger partial charge on any atom is -0.383 e. The van der Waals surface area contributed by atoms with Gasteiger partial charge in [-0.1, -0.05) is 12.1 Å². The van der Waals surface area contributed by atoms with Crippen LogP contribution in [0.1, 0.15) is 25.0 Å². The van der Waals surface area contributed by atoms with Crippen LogP contribution in [0.3, 0.4) is 0 Å². The first-order valence-corrected chi connectivity index (χ1v) is 6.81. The van der Waals surface area contributed by atoms with Crippen molar-refractivity contribution in [2.24, 2.45) is 0 Å². The molecule has 100 valence electrons. The maximum Gasteiger partial charge on any atom is 0.0637 e. The van der Waals surface area contributed by atoms with Gasteiger partial charge in [-0.2, -0.15) is 0 Å². The maximum absolute atomic E-state index is 5.23. The van der Waals surface area contributed by atoms with Crippen LogP contribution in [0.25, 0.3) is 0 Å². The van der Waals surface area contributed by atoms with E-state index < -0.39 is 0 Å². The Balaban J connectivity index is 2.29. The summed E-state index contributed by atoms with van der Waals surface area (Å²) < 4.78 is 5.23. The molecule has 0 unspecified atom stereocenters. The number of fused-ring (bicyclic) bond motifs is 1. The molecule has 0 radical (unpaired) electrons. The van der Waals surface area contributed by atoms with Crippen molar-refractivity contribution in [1.29, 1.82) is 0 Å². The fourth-order valence-corrected chi connectivity index (χ4v) is 2.61. The maximum atomic E-state index is 5.23.